The van der Waals surface area contributed by atoms with Crippen LogP contribution in [0.5, 0.6) is 0 Å². The topological polar surface area (TPSA) is 59.8 Å². The van der Waals surface area contributed by atoms with Crippen LogP contribution < -0.4 is 5.32 Å². The maximum Gasteiger partial charge on any atom is 0.234 e. The summed E-state index contributed by atoms with van der Waals surface area (Å²) < 4.78 is 1.96. The van der Waals surface area contributed by atoms with E-state index in [4.69, 9.17) is 0 Å². The molecule has 0 saturated heterocycles. The van der Waals surface area contributed by atoms with Crippen molar-refractivity contribution in [3.63, 3.8) is 0 Å². The van der Waals surface area contributed by atoms with Gasteiger partial charge in [0.05, 0.1) is 5.75 Å². The fraction of sp³-hybridized carbons (Fsp3) is 0.318. The molecule has 6 heteroatoms. The Balaban J connectivity index is 1.63. The van der Waals surface area contributed by atoms with Gasteiger partial charge in [-0.3, -0.25) is 4.79 Å². The summed E-state index contributed by atoms with van der Waals surface area (Å²) in [5.41, 5.74) is 4.34. The number of rotatable bonds is 7. The van der Waals surface area contributed by atoms with E-state index >= 15 is 0 Å². The van der Waals surface area contributed by atoms with E-state index in [2.05, 4.69) is 47.6 Å². The first-order chi connectivity index (χ1) is 13.5. The molecule has 1 N–H and O–H groups in total. The first kappa shape index (κ1) is 20.1. The second-order valence-corrected chi connectivity index (χ2v) is 8.09. The molecule has 5 nitrogen and oxygen atoms in total. The summed E-state index contributed by atoms with van der Waals surface area (Å²) >= 11 is 1.40. The standard InChI is InChI=1S/C22H26N4OS/c1-15(2)18-12-8-9-16(3)21(18)23-20(27)14-28-22-25-24-19(26(22)4)13-17-10-6-5-7-11-17/h5-12,15H,13-14H2,1-4H3,(H,23,27). The van der Waals surface area contributed by atoms with Gasteiger partial charge in [0, 0.05) is 19.2 Å². The molecule has 3 rings (SSSR count). The molecule has 0 unspecified atom stereocenters. The van der Waals surface area contributed by atoms with Gasteiger partial charge in [0.15, 0.2) is 5.16 Å². The number of nitrogens with one attached hydrogen (secondary N) is 1. The lowest BCUT2D eigenvalue weighted by molar-refractivity contribution is -0.113. The van der Waals surface area contributed by atoms with E-state index in [1.165, 1.54) is 17.3 Å². The molecule has 0 aliphatic heterocycles. The number of carbonyl (C=O) groups excluding carboxylic acids is 1. The lowest BCUT2D eigenvalue weighted by atomic mass is 9.98. The molecular formula is C22H26N4OS. The molecule has 1 amide bonds. The maximum absolute atomic E-state index is 12.5. The molecule has 0 fully saturated rings. The number of thioether (sulfide) groups is 1. The van der Waals surface area contributed by atoms with Crippen molar-refractivity contribution in [2.45, 2.75) is 38.3 Å². The van der Waals surface area contributed by atoms with Crippen LogP contribution >= 0.6 is 11.8 Å². The summed E-state index contributed by atoms with van der Waals surface area (Å²) in [6.07, 6.45) is 0.720. The summed E-state index contributed by atoms with van der Waals surface area (Å²) in [4.78, 5) is 12.5. The minimum Gasteiger partial charge on any atom is -0.325 e. The zero-order valence-corrected chi connectivity index (χ0v) is 17.6. The Kier molecular flexibility index (Phi) is 6.52. The minimum atomic E-state index is -0.0335. The van der Waals surface area contributed by atoms with Crippen LogP contribution in [0.4, 0.5) is 5.69 Å². The van der Waals surface area contributed by atoms with Gasteiger partial charge < -0.3 is 9.88 Å². The molecule has 0 saturated carbocycles. The average molecular weight is 395 g/mol. The lowest BCUT2D eigenvalue weighted by Crippen LogP contribution is -2.17. The number of nitrogens with zero attached hydrogens (tertiary/aromatic N) is 3. The van der Waals surface area contributed by atoms with Crippen molar-refractivity contribution in [3.05, 3.63) is 71.0 Å². The van der Waals surface area contributed by atoms with Crippen LogP contribution in [0.2, 0.25) is 0 Å². The lowest BCUT2D eigenvalue weighted by Gasteiger charge is -2.16. The van der Waals surface area contributed by atoms with E-state index in [9.17, 15) is 4.79 Å². The number of hydrogen-bond donors (Lipinski definition) is 1. The zero-order valence-electron chi connectivity index (χ0n) is 16.8. The highest BCUT2D eigenvalue weighted by molar-refractivity contribution is 7.99. The molecule has 1 aromatic heterocycles. The normalized spacial score (nSPS) is 11.0. The average Bonchev–Trinajstić information content (AvgIpc) is 3.02. The number of para-hydroxylation sites is 1. The van der Waals surface area contributed by atoms with Crippen molar-refractivity contribution in [1.82, 2.24) is 14.8 Å². The molecule has 146 valence electrons. The predicted octanol–water partition coefficient (Wildman–Crippen LogP) is 4.57. The Labute approximate surface area is 170 Å². The highest BCUT2D eigenvalue weighted by Crippen LogP contribution is 2.28. The molecule has 28 heavy (non-hydrogen) atoms. The third-order valence-corrected chi connectivity index (χ3v) is 5.67. The summed E-state index contributed by atoms with van der Waals surface area (Å²) in [7, 11) is 1.94. The van der Waals surface area contributed by atoms with Crippen LogP contribution in [-0.4, -0.2) is 26.4 Å². The van der Waals surface area contributed by atoms with Gasteiger partial charge in [-0.25, -0.2) is 0 Å². The Morgan fingerprint density at radius 1 is 1.11 bits per heavy atom. The Bertz CT molecular complexity index is 950. The number of carbonyl (C=O) groups is 1. The quantitative estimate of drug-likeness (QED) is 0.597. The molecule has 0 aliphatic carbocycles. The summed E-state index contributed by atoms with van der Waals surface area (Å²) in [5.74, 6) is 1.49. The van der Waals surface area contributed by atoms with Gasteiger partial charge in [-0.05, 0) is 29.5 Å². The molecule has 3 aromatic rings. The van der Waals surface area contributed by atoms with Gasteiger partial charge in [0.25, 0.3) is 0 Å². The van der Waals surface area contributed by atoms with Crippen molar-refractivity contribution < 1.29 is 4.79 Å². The molecule has 0 aliphatic rings. The second kappa shape index (κ2) is 9.06. The Morgan fingerprint density at radius 3 is 2.57 bits per heavy atom. The van der Waals surface area contributed by atoms with E-state index in [1.807, 2.05) is 48.9 Å². The van der Waals surface area contributed by atoms with Gasteiger partial charge in [-0.2, -0.15) is 0 Å². The van der Waals surface area contributed by atoms with Gasteiger partial charge >= 0.3 is 0 Å². The SMILES string of the molecule is Cc1cccc(C(C)C)c1NC(=O)CSc1nnc(Cc2ccccc2)n1C. The van der Waals surface area contributed by atoms with E-state index in [1.54, 1.807) is 0 Å². The van der Waals surface area contributed by atoms with E-state index in [-0.39, 0.29) is 5.91 Å². The Hall–Kier alpha value is -2.60. The molecule has 0 atom stereocenters. The molecular weight excluding hydrogens is 368 g/mol. The van der Waals surface area contributed by atoms with E-state index in [0.717, 1.165) is 34.2 Å². The third kappa shape index (κ3) is 4.81. The largest absolute Gasteiger partial charge is 0.325 e. The van der Waals surface area contributed by atoms with Gasteiger partial charge in [-0.1, -0.05) is 74.1 Å². The first-order valence-corrected chi connectivity index (χ1v) is 10.4. The van der Waals surface area contributed by atoms with Crippen LogP contribution in [0.3, 0.4) is 0 Å². The second-order valence-electron chi connectivity index (χ2n) is 7.15. The smallest absolute Gasteiger partial charge is 0.234 e. The predicted molar refractivity (Wildman–Crippen MR) is 115 cm³/mol. The zero-order chi connectivity index (χ0) is 20.1. The molecule has 1 heterocycles. The van der Waals surface area contributed by atoms with Crippen molar-refractivity contribution >= 4 is 23.4 Å². The number of aryl methyl sites for hydroxylation is 1. The minimum absolute atomic E-state index is 0.0335. The van der Waals surface area contributed by atoms with Crippen LogP contribution in [0, 0.1) is 6.92 Å². The third-order valence-electron chi connectivity index (χ3n) is 4.65. The summed E-state index contributed by atoms with van der Waals surface area (Å²) in [5, 5.41) is 12.4. The monoisotopic (exact) mass is 394 g/mol. The fourth-order valence-corrected chi connectivity index (χ4v) is 3.78. The van der Waals surface area contributed by atoms with Gasteiger partial charge in [0.1, 0.15) is 5.82 Å². The molecule has 0 radical (unpaired) electrons. The Morgan fingerprint density at radius 2 is 1.86 bits per heavy atom. The van der Waals surface area contributed by atoms with Crippen molar-refractivity contribution in [2.75, 3.05) is 11.1 Å². The molecule has 0 spiro atoms. The van der Waals surface area contributed by atoms with Crippen molar-refractivity contribution in [1.29, 1.82) is 0 Å². The number of amides is 1. The van der Waals surface area contributed by atoms with Crippen LogP contribution in [0.25, 0.3) is 0 Å². The number of benzene rings is 2. The van der Waals surface area contributed by atoms with Crippen molar-refractivity contribution in [2.24, 2.45) is 7.05 Å². The van der Waals surface area contributed by atoms with E-state index < -0.39 is 0 Å². The van der Waals surface area contributed by atoms with Gasteiger partial charge in [0.2, 0.25) is 5.91 Å². The summed E-state index contributed by atoms with van der Waals surface area (Å²) in [6, 6.07) is 16.3. The summed E-state index contributed by atoms with van der Waals surface area (Å²) in [6.45, 7) is 6.28. The maximum atomic E-state index is 12.5. The number of anilines is 1. The highest BCUT2D eigenvalue weighted by Gasteiger charge is 2.15. The van der Waals surface area contributed by atoms with E-state index in [0.29, 0.717) is 11.7 Å². The number of aromatic nitrogens is 3. The fourth-order valence-electron chi connectivity index (χ4n) is 3.05. The van der Waals surface area contributed by atoms with Crippen LogP contribution in [0.1, 0.15) is 42.3 Å². The van der Waals surface area contributed by atoms with Crippen LogP contribution in [-0.2, 0) is 18.3 Å². The van der Waals surface area contributed by atoms with Gasteiger partial charge in [-0.15, -0.1) is 10.2 Å². The van der Waals surface area contributed by atoms with Crippen molar-refractivity contribution in [3.8, 4) is 0 Å². The molecule has 2 aromatic carbocycles. The number of hydrogen-bond acceptors (Lipinski definition) is 4. The van der Waals surface area contributed by atoms with Crippen LogP contribution in [0.15, 0.2) is 53.7 Å². The molecule has 0 bridgehead atoms. The highest BCUT2D eigenvalue weighted by atomic mass is 32.2. The first-order valence-electron chi connectivity index (χ1n) is 9.40.